The molecule has 1 heterocycles. The van der Waals surface area contributed by atoms with Crippen molar-refractivity contribution >= 4 is 0 Å². The van der Waals surface area contributed by atoms with Crippen molar-refractivity contribution in [3.8, 4) is 11.3 Å². The summed E-state index contributed by atoms with van der Waals surface area (Å²) >= 11 is 0. The van der Waals surface area contributed by atoms with Crippen molar-refractivity contribution in [3.63, 3.8) is 0 Å². The average Bonchev–Trinajstić information content (AvgIpc) is 2.73. The Labute approximate surface area is 106 Å². The molecule has 0 fully saturated rings. The van der Waals surface area contributed by atoms with Gasteiger partial charge in [-0.25, -0.2) is 4.39 Å². The van der Waals surface area contributed by atoms with Crippen LogP contribution in [0.5, 0.6) is 0 Å². The zero-order chi connectivity index (χ0) is 13.3. The zero-order valence-corrected chi connectivity index (χ0v) is 10.9. The highest BCUT2D eigenvalue weighted by atomic mass is 19.1. The molecule has 3 nitrogen and oxygen atoms in total. The van der Waals surface area contributed by atoms with Crippen molar-refractivity contribution in [2.24, 2.45) is 5.73 Å². The molecule has 0 atom stereocenters. The quantitative estimate of drug-likeness (QED) is 0.886. The Morgan fingerprint density at radius 1 is 1.28 bits per heavy atom. The lowest BCUT2D eigenvalue weighted by molar-refractivity contribution is 0.357. The monoisotopic (exact) mass is 247 g/mol. The molecular formula is C14H18FN3. The van der Waals surface area contributed by atoms with Gasteiger partial charge in [-0.1, -0.05) is 12.1 Å². The first kappa shape index (κ1) is 12.8. The molecule has 0 amide bonds. The Bertz CT molecular complexity index is 552. The van der Waals surface area contributed by atoms with Gasteiger partial charge >= 0.3 is 0 Å². The first-order valence-corrected chi connectivity index (χ1v) is 5.98. The normalized spacial score (nSPS) is 11.8. The van der Waals surface area contributed by atoms with E-state index in [1.807, 2.05) is 37.6 Å². The Hall–Kier alpha value is -1.68. The molecule has 0 aliphatic carbocycles. The molecule has 0 saturated carbocycles. The van der Waals surface area contributed by atoms with Crippen LogP contribution in [0.3, 0.4) is 0 Å². The zero-order valence-electron chi connectivity index (χ0n) is 10.9. The largest absolute Gasteiger partial charge is 0.325 e. The van der Waals surface area contributed by atoms with Crippen LogP contribution in [-0.4, -0.2) is 9.78 Å². The van der Waals surface area contributed by atoms with E-state index in [2.05, 4.69) is 5.10 Å². The van der Waals surface area contributed by atoms with E-state index in [1.165, 1.54) is 6.07 Å². The van der Waals surface area contributed by atoms with E-state index in [4.69, 9.17) is 5.73 Å². The number of nitrogens with zero attached hydrogens (tertiary/aromatic N) is 2. The summed E-state index contributed by atoms with van der Waals surface area (Å²) in [6, 6.07) is 8.57. The summed E-state index contributed by atoms with van der Waals surface area (Å²) in [5.41, 5.74) is 7.49. The number of nitrogens with two attached hydrogens (primary N) is 1. The van der Waals surface area contributed by atoms with Crippen LogP contribution in [-0.2, 0) is 12.1 Å². The Morgan fingerprint density at radius 2 is 1.94 bits per heavy atom. The molecule has 0 bridgehead atoms. The van der Waals surface area contributed by atoms with Gasteiger partial charge in [-0.05, 0) is 39.0 Å². The van der Waals surface area contributed by atoms with Crippen LogP contribution in [0.15, 0.2) is 30.3 Å². The second-order valence-corrected chi connectivity index (χ2v) is 5.29. The Morgan fingerprint density at radius 3 is 2.50 bits per heavy atom. The minimum atomic E-state index is -0.244. The molecule has 1 aromatic carbocycles. The molecule has 0 aliphatic rings. The molecule has 2 aromatic rings. The maximum Gasteiger partial charge on any atom is 0.132 e. The van der Waals surface area contributed by atoms with Gasteiger partial charge in [0.1, 0.15) is 5.82 Å². The fourth-order valence-corrected chi connectivity index (χ4v) is 1.90. The highest BCUT2D eigenvalue weighted by Crippen LogP contribution is 2.28. The molecule has 4 heteroatoms. The molecule has 0 radical (unpaired) electrons. The number of hydrogen-bond acceptors (Lipinski definition) is 2. The first-order chi connectivity index (χ1) is 8.43. The van der Waals surface area contributed by atoms with Crippen LogP contribution in [0.1, 0.15) is 26.5 Å². The minimum Gasteiger partial charge on any atom is -0.325 e. The number of rotatable bonds is 2. The Balaban J connectivity index is 2.64. The predicted molar refractivity (Wildman–Crippen MR) is 70.5 cm³/mol. The van der Waals surface area contributed by atoms with Crippen LogP contribution in [0, 0.1) is 5.82 Å². The van der Waals surface area contributed by atoms with Gasteiger partial charge in [-0.3, -0.25) is 4.68 Å². The van der Waals surface area contributed by atoms with Crippen LogP contribution >= 0.6 is 0 Å². The fourth-order valence-electron chi connectivity index (χ4n) is 1.90. The standard InChI is InChI=1S/C14H18FN3/c1-14(2,3)18-13(8-10(9-16)17-18)11-6-4-5-7-12(11)15/h4-8H,9,16H2,1-3H3. The molecule has 0 saturated heterocycles. The molecule has 2 rings (SSSR count). The molecule has 96 valence electrons. The topological polar surface area (TPSA) is 43.8 Å². The van der Waals surface area contributed by atoms with Gasteiger partial charge in [0.25, 0.3) is 0 Å². The molecule has 0 aliphatic heterocycles. The third kappa shape index (κ3) is 2.29. The molecular weight excluding hydrogens is 229 g/mol. The van der Waals surface area contributed by atoms with E-state index >= 15 is 0 Å². The maximum atomic E-state index is 13.9. The third-order valence-corrected chi connectivity index (χ3v) is 2.75. The summed E-state index contributed by atoms with van der Waals surface area (Å²) < 4.78 is 15.7. The van der Waals surface area contributed by atoms with E-state index in [1.54, 1.807) is 12.1 Å². The van der Waals surface area contributed by atoms with E-state index in [0.717, 1.165) is 11.4 Å². The summed E-state index contributed by atoms with van der Waals surface area (Å²) in [6.45, 7) is 6.45. The number of benzene rings is 1. The van der Waals surface area contributed by atoms with Crippen molar-refractivity contribution in [2.45, 2.75) is 32.9 Å². The van der Waals surface area contributed by atoms with E-state index in [-0.39, 0.29) is 11.4 Å². The molecule has 18 heavy (non-hydrogen) atoms. The molecule has 2 N–H and O–H groups in total. The van der Waals surface area contributed by atoms with Gasteiger partial charge in [0.05, 0.1) is 16.9 Å². The average molecular weight is 247 g/mol. The van der Waals surface area contributed by atoms with E-state index < -0.39 is 0 Å². The van der Waals surface area contributed by atoms with E-state index in [0.29, 0.717) is 12.1 Å². The summed E-state index contributed by atoms with van der Waals surface area (Å²) in [7, 11) is 0. The summed E-state index contributed by atoms with van der Waals surface area (Å²) in [5.74, 6) is -0.244. The summed E-state index contributed by atoms with van der Waals surface area (Å²) in [6.07, 6.45) is 0. The fraction of sp³-hybridized carbons (Fsp3) is 0.357. The second-order valence-electron chi connectivity index (χ2n) is 5.29. The van der Waals surface area contributed by atoms with Crippen LogP contribution in [0.4, 0.5) is 4.39 Å². The van der Waals surface area contributed by atoms with Crippen LogP contribution < -0.4 is 5.73 Å². The number of hydrogen-bond donors (Lipinski definition) is 1. The van der Waals surface area contributed by atoms with Gasteiger partial charge in [0, 0.05) is 12.1 Å². The van der Waals surface area contributed by atoms with Gasteiger partial charge in [0.15, 0.2) is 0 Å². The van der Waals surface area contributed by atoms with Crippen molar-refractivity contribution in [3.05, 3.63) is 41.8 Å². The molecule has 0 unspecified atom stereocenters. The van der Waals surface area contributed by atoms with Crippen LogP contribution in [0.2, 0.25) is 0 Å². The SMILES string of the molecule is CC(C)(C)n1nc(CN)cc1-c1ccccc1F. The van der Waals surface area contributed by atoms with Crippen LogP contribution in [0.25, 0.3) is 11.3 Å². The van der Waals surface area contributed by atoms with Crippen molar-refractivity contribution < 1.29 is 4.39 Å². The smallest absolute Gasteiger partial charge is 0.132 e. The highest BCUT2D eigenvalue weighted by molar-refractivity contribution is 5.61. The highest BCUT2D eigenvalue weighted by Gasteiger charge is 2.21. The second kappa shape index (κ2) is 4.53. The van der Waals surface area contributed by atoms with Crippen molar-refractivity contribution in [1.82, 2.24) is 9.78 Å². The number of halogens is 1. The van der Waals surface area contributed by atoms with Gasteiger partial charge in [0.2, 0.25) is 0 Å². The molecule has 1 aromatic heterocycles. The Kier molecular flexibility index (Phi) is 3.22. The van der Waals surface area contributed by atoms with Gasteiger partial charge in [-0.2, -0.15) is 5.10 Å². The first-order valence-electron chi connectivity index (χ1n) is 5.98. The summed E-state index contributed by atoms with van der Waals surface area (Å²) in [5, 5.41) is 4.44. The maximum absolute atomic E-state index is 13.9. The lowest BCUT2D eigenvalue weighted by atomic mass is 10.1. The number of aromatic nitrogens is 2. The molecule has 0 spiro atoms. The minimum absolute atomic E-state index is 0.217. The predicted octanol–water partition coefficient (Wildman–Crippen LogP) is 2.90. The van der Waals surface area contributed by atoms with Crippen molar-refractivity contribution in [1.29, 1.82) is 0 Å². The lowest BCUT2D eigenvalue weighted by Crippen LogP contribution is -2.24. The lowest BCUT2D eigenvalue weighted by Gasteiger charge is -2.22. The van der Waals surface area contributed by atoms with E-state index in [9.17, 15) is 4.39 Å². The van der Waals surface area contributed by atoms with Crippen molar-refractivity contribution in [2.75, 3.05) is 0 Å². The summed E-state index contributed by atoms with van der Waals surface area (Å²) in [4.78, 5) is 0. The third-order valence-electron chi connectivity index (χ3n) is 2.75. The van der Waals surface area contributed by atoms with Gasteiger partial charge in [-0.15, -0.1) is 0 Å². The van der Waals surface area contributed by atoms with Gasteiger partial charge < -0.3 is 5.73 Å².